The summed E-state index contributed by atoms with van der Waals surface area (Å²) in [5.74, 6) is 0.888. The first kappa shape index (κ1) is 14.3. The van der Waals surface area contributed by atoms with Crippen LogP contribution in [-0.2, 0) is 6.54 Å². The SMILES string of the molecule is Brc1ccc(CN2CCC3NCCC3C2)cc1.Cl. The molecule has 0 saturated carbocycles. The van der Waals surface area contributed by atoms with Crippen molar-refractivity contribution in [1.29, 1.82) is 0 Å². The third-order valence-corrected chi connectivity index (χ3v) is 4.59. The molecule has 2 atom stereocenters. The zero-order valence-corrected chi connectivity index (χ0v) is 12.8. The molecular weight excluding hydrogens is 312 g/mol. The molecule has 0 bridgehead atoms. The molecule has 1 aromatic rings. The monoisotopic (exact) mass is 330 g/mol. The number of likely N-dealkylation sites (tertiary alicyclic amines) is 1. The van der Waals surface area contributed by atoms with E-state index in [2.05, 4.69) is 50.4 Å². The predicted molar refractivity (Wildman–Crippen MR) is 81.2 cm³/mol. The standard InChI is InChI=1S/C14H19BrN2.ClH/c15-13-3-1-11(2-4-13)9-17-8-6-14-12(10-17)5-7-16-14;/h1-4,12,14,16H,5-10H2;1H. The summed E-state index contributed by atoms with van der Waals surface area (Å²) in [5, 5.41) is 3.62. The maximum Gasteiger partial charge on any atom is 0.0233 e. The number of piperidine rings is 1. The van der Waals surface area contributed by atoms with Crippen molar-refractivity contribution in [3.8, 4) is 0 Å². The van der Waals surface area contributed by atoms with Gasteiger partial charge in [0.2, 0.25) is 0 Å². The van der Waals surface area contributed by atoms with E-state index in [4.69, 9.17) is 0 Å². The Kier molecular flexibility index (Phi) is 5.07. The second-order valence-corrected chi connectivity index (χ2v) is 6.18. The average Bonchev–Trinajstić information content (AvgIpc) is 2.79. The van der Waals surface area contributed by atoms with Crippen LogP contribution in [0.1, 0.15) is 18.4 Å². The molecule has 2 heterocycles. The van der Waals surface area contributed by atoms with Crippen LogP contribution >= 0.6 is 28.3 Å². The maximum atomic E-state index is 3.62. The van der Waals surface area contributed by atoms with Gasteiger partial charge < -0.3 is 5.32 Å². The van der Waals surface area contributed by atoms with Crippen molar-refractivity contribution in [1.82, 2.24) is 10.2 Å². The molecule has 100 valence electrons. The summed E-state index contributed by atoms with van der Waals surface area (Å²) in [4.78, 5) is 2.61. The highest BCUT2D eigenvalue weighted by molar-refractivity contribution is 9.10. The van der Waals surface area contributed by atoms with Gasteiger partial charge in [0.25, 0.3) is 0 Å². The largest absolute Gasteiger partial charge is 0.314 e. The van der Waals surface area contributed by atoms with E-state index in [1.165, 1.54) is 42.5 Å². The van der Waals surface area contributed by atoms with Gasteiger partial charge in [0.05, 0.1) is 0 Å². The molecule has 2 unspecified atom stereocenters. The maximum absolute atomic E-state index is 3.62. The second kappa shape index (κ2) is 6.38. The van der Waals surface area contributed by atoms with Crippen LogP contribution in [0.5, 0.6) is 0 Å². The Morgan fingerprint density at radius 3 is 2.78 bits per heavy atom. The number of hydrogen-bond acceptors (Lipinski definition) is 2. The van der Waals surface area contributed by atoms with Crippen LogP contribution in [0.2, 0.25) is 0 Å². The van der Waals surface area contributed by atoms with E-state index in [-0.39, 0.29) is 12.4 Å². The molecule has 0 radical (unpaired) electrons. The minimum Gasteiger partial charge on any atom is -0.314 e. The Hall–Kier alpha value is -0.0900. The summed E-state index contributed by atoms with van der Waals surface area (Å²) in [6.45, 7) is 4.84. The first-order valence-electron chi connectivity index (χ1n) is 6.51. The molecule has 2 saturated heterocycles. The van der Waals surface area contributed by atoms with Crippen LogP contribution < -0.4 is 5.32 Å². The van der Waals surface area contributed by atoms with Gasteiger partial charge in [-0.3, -0.25) is 4.90 Å². The van der Waals surface area contributed by atoms with Gasteiger partial charge in [-0.25, -0.2) is 0 Å². The molecule has 0 spiro atoms. The Labute approximate surface area is 124 Å². The fourth-order valence-corrected chi connectivity index (χ4v) is 3.38. The van der Waals surface area contributed by atoms with E-state index in [1.54, 1.807) is 0 Å². The van der Waals surface area contributed by atoms with Crippen LogP contribution in [0.25, 0.3) is 0 Å². The van der Waals surface area contributed by atoms with E-state index in [9.17, 15) is 0 Å². The van der Waals surface area contributed by atoms with E-state index < -0.39 is 0 Å². The fraction of sp³-hybridized carbons (Fsp3) is 0.571. The normalized spacial score (nSPS) is 27.6. The molecule has 1 aromatic carbocycles. The van der Waals surface area contributed by atoms with Gasteiger partial charge in [0, 0.05) is 23.6 Å². The Bertz CT molecular complexity index is 382. The van der Waals surface area contributed by atoms with Crippen LogP contribution in [0, 0.1) is 5.92 Å². The van der Waals surface area contributed by atoms with Crippen molar-refractivity contribution in [3.63, 3.8) is 0 Å². The van der Waals surface area contributed by atoms with Gasteiger partial charge in [0.1, 0.15) is 0 Å². The number of nitrogens with zero attached hydrogens (tertiary/aromatic N) is 1. The van der Waals surface area contributed by atoms with Crippen molar-refractivity contribution in [2.75, 3.05) is 19.6 Å². The second-order valence-electron chi connectivity index (χ2n) is 5.26. The zero-order chi connectivity index (χ0) is 11.7. The summed E-state index contributed by atoms with van der Waals surface area (Å²) in [6, 6.07) is 9.53. The quantitative estimate of drug-likeness (QED) is 0.896. The van der Waals surface area contributed by atoms with E-state index in [0.717, 1.165) is 18.5 Å². The zero-order valence-electron chi connectivity index (χ0n) is 10.4. The van der Waals surface area contributed by atoms with Crippen LogP contribution in [0.15, 0.2) is 28.7 Å². The van der Waals surface area contributed by atoms with Gasteiger partial charge in [0.15, 0.2) is 0 Å². The first-order valence-corrected chi connectivity index (χ1v) is 7.31. The summed E-state index contributed by atoms with van der Waals surface area (Å²) < 4.78 is 1.17. The number of fused-ring (bicyclic) bond motifs is 1. The van der Waals surface area contributed by atoms with Gasteiger partial charge in [-0.05, 0) is 49.5 Å². The molecule has 0 amide bonds. The highest BCUT2D eigenvalue weighted by Gasteiger charge is 2.32. The van der Waals surface area contributed by atoms with Gasteiger partial charge in [-0.2, -0.15) is 0 Å². The lowest BCUT2D eigenvalue weighted by Crippen LogP contribution is -2.43. The van der Waals surface area contributed by atoms with Gasteiger partial charge in [-0.1, -0.05) is 28.1 Å². The Balaban J connectivity index is 0.00000120. The predicted octanol–water partition coefficient (Wildman–Crippen LogP) is 3.05. The first-order chi connectivity index (χ1) is 8.31. The van der Waals surface area contributed by atoms with Crippen molar-refractivity contribution >= 4 is 28.3 Å². The minimum atomic E-state index is 0. The van der Waals surface area contributed by atoms with Crippen LogP contribution in [0.4, 0.5) is 0 Å². The number of nitrogens with one attached hydrogen (secondary N) is 1. The lowest BCUT2D eigenvalue weighted by molar-refractivity contribution is 0.156. The topological polar surface area (TPSA) is 15.3 Å². The Morgan fingerprint density at radius 1 is 1.22 bits per heavy atom. The molecule has 18 heavy (non-hydrogen) atoms. The summed E-state index contributed by atoms with van der Waals surface area (Å²) in [7, 11) is 0. The molecule has 2 fully saturated rings. The minimum absolute atomic E-state index is 0. The van der Waals surface area contributed by atoms with E-state index in [0.29, 0.717) is 0 Å². The van der Waals surface area contributed by atoms with E-state index >= 15 is 0 Å². The molecule has 2 aliphatic rings. The number of benzene rings is 1. The highest BCUT2D eigenvalue weighted by atomic mass is 79.9. The van der Waals surface area contributed by atoms with Crippen LogP contribution in [-0.4, -0.2) is 30.6 Å². The number of halogens is 2. The molecule has 0 aliphatic carbocycles. The smallest absolute Gasteiger partial charge is 0.0233 e. The third kappa shape index (κ3) is 3.27. The highest BCUT2D eigenvalue weighted by Crippen LogP contribution is 2.25. The molecule has 2 aliphatic heterocycles. The summed E-state index contributed by atoms with van der Waals surface area (Å²) >= 11 is 3.49. The van der Waals surface area contributed by atoms with Crippen molar-refractivity contribution < 1.29 is 0 Å². The lowest BCUT2D eigenvalue weighted by atomic mass is 9.93. The molecule has 0 aromatic heterocycles. The van der Waals surface area contributed by atoms with Gasteiger partial charge >= 0.3 is 0 Å². The molecule has 4 heteroatoms. The van der Waals surface area contributed by atoms with Crippen molar-refractivity contribution in [2.45, 2.75) is 25.4 Å². The lowest BCUT2D eigenvalue weighted by Gasteiger charge is -2.34. The van der Waals surface area contributed by atoms with Crippen molar-refractivity contribution in [3.05, 3.63) is 34.3 Å². The van der Waals surface area contributed by atoms with E-state index in [1.807, 2.05) is 0 Å². The van der Waals surface area contributed by atoms with Crippen molar-refractivity contribution in [2.24, 2.45) is 5.92 Å². The Morgan fingerprint density at radius 2 is 2.00 bits per heavy atom. The molecule has 2 nitrogen and oxygen atoms in total. The molecule has 1 N–H and O–H groups in total. The average molecular weight is 332 g/mol. The third-order valence-electron chi connectivity index (χ3n) is 4.06. The summed E-state index contributed by atoms with van der Waals surface area (Å²) in [5.41, 5.74) is 1.43. The van der Waals surface area contributed by atoms with Crippen LogP contribution in [0.3, 0.4) is 0 Å². The molecule has 3 rings (SSSR count). The number of rotatable bonds is 2. The summed E-state index contributed by atoms with van der Waals surface area (Å²) in [6.07, 6.45) is 2.68. The van der Waals surface area contributed by atoms with Gasteiger partial charge in [-0.15, -0.1) is 12.4 Å². The number of hydrogen-bond donors (Lipinski definition) is 1. The fourth-order valence-electron chi connectivity index (χ4n) is 3.11. The molecular formula is C14H20BrClN2.